The van der Waals surface area contributed by atoms with Gasteiger partial charge >= 0.3 is 0 Å². The molecule has 0 aliphatic heterocycles. The van der Waals surface area contributed by atoms with Gasteiger partial charge in [-0.05, 0) is 24.8 Å². The summed E-state index contributed by atoms with van der Waals surface area (Å²) < 4.78 is 7.00. The Morgan fingerprint density at radius 3 is 2.74 bits per heavy atom. The Labute approximate surface area is 135 Å². The van der Waals surface area contributed by atoms with E-state index in [0.717, 1.165) is 0 Å². The van der Waals surface area contributed by atoms with Crippen molar-refractivity contribution in [3.05, 3.63) is 34.6 Å². The Kier molecular flexibility index (Phi) is 4.91. The van der Waals surface area contributed by atoms with Crippen molar-refractivity contribution in [3.8, 4) is 11.4 Å². The van der Waals surface area contributed by atoms with E-state index in [1.54, 1.807) is 13.2 Å². The zero-order valence-corrected chi connectivity index (χ0v) is 13.6. The van der Waals surface area contributed by atoms with E-state index in [9.17, 15) is 4.79 Å². The lowest BCUT2D eigenvalue weighted by Crippen LogP contribution is -2.21. The van der Waals surface area contributed by atoms with E-state index in [2.05, 4.69) is 10.1 Å². The van der Waals surface area contributed by atoms with Crippen LogP contribution in [-0.4, -0.2) is 21.3 Å². The molecule has 0 amide bonds. The molecule has 0 bridgehead atoms. The summed E-state index contributed by atoms with van der Waals surface area (Å²) in [6.45, 7) is 0.517. The number of aryl methyl sites for hydroxylation is 1. The lowest BCUT2D eigenvalue weighted by Gasteiger charge is -2.21. The normalized spacial score (nSPS) is 17.8. The van der Waals surface area contributed by atoms with E-state index in [1.807, 2.05) is 6.07 Å². The van der Waals surface area contributed by atoms with Crippen LogP contribution in [0.15, 0.2) is 27.6 Å². The van der Waals surface area contributed by atoms with Crippen LogP contribution >= 0.6 is 0 Å². The topological polar surface area (TPSA) is 86.9 Å². The lowest BCUT2D eigenvalue weighted by atomic mass is 9.86. The molecule has 2 aromatic rings. The number of aromatic nitrogens is 3. The second-order valence-electron chi connectivity index (χ2n) is 6.41. The summed E-state index contributed by atoms with van der Waals surface area (Å²) in [6.07, 6.45) is 9.15. The molecular weight excluding hydrogens is 292 g/mol. The van der Waals surface area contributed by atoms with Gasteiger partial charge < -0.3 is 14.8 Å². The van der Waals surface area contributed by atoms with Gasteiger partial charge in [-0.3, -0.25) is 4.79 Å². The van der Waals surface area contributed by atoms with E-state index >= 15 is 0 Å². The summed E-state index contributed by atoms with van der Waals surface area (Å²) in [4.78, 5) is 16.3. The van der Waals surface area contributed by atoms with E-state index in [1.165, 1.54) is 49.2 Å². The fourth-order valence-electron chi connectivity index (χ4n) is 3.40. The highest BCUT2D eigenvalue weighted by atomic mass is 16.5. The largest absolute Gasteiger partial charge is 0.339 e. The van der Waals surface area contributed by atoms with Crippen LogP contribution in [0.4, 0.5) is 0 Å². The van der Waals surface area contributed by atoms with Crippen molar-refractivity contribution in [2.45, 2.75) is 44.4 Å². The number of pyridine rings is 1. The van der Waals surface area contributed by atoms with Gasteiger partial charge in [0.05, 0.1) is 5.92 Å². The molecule has 6 heteroatoms. The third-order valence-electron chi connectivity index (χ3n) is 4.84. The van der Waals surface area contributed by atoms with Crippen molar-refractivity contribution < 1.29 is 4.52 Å². The smallest absolute Gasteiger partial charge is 0.250 e. The number of rotatable bonds is 4. The van der Waals surface area contributed by atoms with Gasteiger partial charge in [-0.15, -0.1) is 0 Å². The molecule has 124 valence electrons. The van der Waals surface area contributed by atoms with Crippen LogP contribution in [0.1, 0.15) is 50.3 Å². The van der Waals surface area contributed by atoms with Crippen LogP contribution in [0.25, 0.3) is 11.4 Å². The molecule has 2 aromatic heterocycles. The maximum absolute atomic E-state index is 11.8. The minimum atomic E-state index is -0.0898. The quantitative estimate of drug-likeness (QED) is 0.875. The highest BCUT2D eigenvalue weighted by Gasteiger charge is 2.28. The Morgan fingerprint density at radius 2 is 2.09 bits per heavy atom. The Hall–Kier alpha value is -1.95. The van der Waals surface area contributed by atoms with Crippen molar-refractivity contribution in [1.82, 2.24) is 14.7 Å². The van der Waals surface area contributed by atoms with Crippen molar-refractivity contribution in [1.29, 1.82) is 0 Å². The summed E-state index contributed by atoms with van der Waals surface area (Å²) in [6, 6.07) is 3.34. The fraction of sp³-hybridized carbons (Fsp3) is 0.588. The van der Waals surface area contributed by atoms with Gasteiger partial charge in [0.15, 0.2) is 0 Å². The summed E-state index contributed by atoms with van der Waals surface area (Å²) >= 11 is 0. The molecular formula is C17H24N4O2. The molecule has 0 aromatic carbocycles. The van der Waals surface area contributed by atoms with Crippen molar-refractivity contribution in [2.24, 2.45) is 18.7 Å². The van der Waals surface area contributed by atoms with E-state index in [0.29, 0.717) is 29.7 Å². The first kappa shape index (κ1) is 15.9. The summed E-state index contributed by atoms with van der Waals surface area (Å²) in [5.74, 6) is 1.69. The molecule has 1 saturated carbocycles. The van der Waals surface area contributed by atoms with Crippen molar-refractivity contribution in [2.75, 3.05) is 6.54 Å². The molecule has 0 unspecified atom stereocenters. The predicted molar refractivity (Wildman–Crippen MR) is 88.0 cm³/mol. The average Bonchev–Trinajstić information content (AvgIpc) is 2.87. The van der Waals surface area contributed by atoms with Crippen molar-refractivity contribution in [3.63, 3.8) is 0 Å². The second kappa shape index (κ2) is 7.08. The average molecular weight is 316 g/mol. The molecule has 1 aliphatic carbocycles. The van der Waals surface area contributed by atoms with Gasteiger partial charge in [0.25, 0.3) is 5.56 Å². The number of hydrogen-bond donors (Lipinski definition) is 1. The molecule has 0 spiro atoms. The fourth-order valence-corrected chi connectivity index (χ4v) is 3.40. The minimum absolute atomic E-state index is 0.0898. The molecule has 6 nitrogen and oxygen atoms in total. The first-order valence-corrected chi connectivity index (χ1v) is 8.40. The van der Waals surface area contributed by atoms with Gasteiger partial charge in [-0.25, -0.2) is 0 Å². The molecule has 1 atom stereocenters. The monoisotopic (exact) mass is 316 g/mol. The first-order valence-electron chi connectivity index (χ1n) is 8.40. The minimum Gasteiger partial charge on any atom is -0.339 e. The molecule has 0 saturated heterocycles. The molecule has 1 fully saturated rings. The van der Waals surface area contributed by atoms with E-state index in [-0.39, 0.29) is 11.5 Å². The molecule has 23 heavy (non-hydrogen) atoms. The van der Waals surface area contributed by atoms with Gasteiger partial charge in [0, 0.05) is 31.4 Å². The molecule has 3 rings (SSSR count). The Bertz CT molecular complexity index is 699. The summed E-state index contributed by atoms with van der Waals surface area (Å²) in [5, 5.41) is 4.05. The maximum atomic E-state index is 11.8. The second-order valence-corrected chi connectivity index (χ2v) is 6.41. The van der Waals surface area contributed by atoms with Crippen LogP contribution in [0.3, 0.4) is 0 Å². The number of nitrogens with two attached hydrogens (primary N) is 1. The Morgan fingerprint density at radius 1 is 1.35 bits per heavy atom. The number of nitrogens with zero attached hydrogens (tertiary/aromatic N) is 3. The van der Waals surface area contributed by atoms with Crippen LogP contribution in [0.2, 0.25) is 0 Å². The third kappa shape index (κ3) is 3.52. The molecule has 0 radical (unpaired) electrons. The maximum Gasteiger partial charge on any atom is 0.250 e. The summed E-state index contributed by atoms with van der Waals surface area (Å²) in [5.41, 5.74) is 6.59. The highest BCUT2D eigenvalue weighted by Crippen LogP contribution is 2.34. The lowest BCUT2D eigenvalue weighted by molar-refractivity contribution is 0.288. The predicted octanol–water partition coefficient (Wildman–Crippen LogP) is 2.45. The van der Waals surface area contributed by atoms with Gasteiger partial charge in [-0.1, -0.05) is 30.8 Å². The zero-order chi connectivity index (χ0) is 16.2. The summed E-state index contributed by atoms with van der Waals surface area (Å²) in [7, 11) is 1.71. The van der Waals surface area contributed by atoms with E-state index in [4.69, 9.17) is 10.3 Å². The van der Waals surface area contributed by atoms with Gasteiger partial charge in [0.1, 0.15) is 0 Å². The highest BCUT2D eigenvalue weighted by molar-refractivity contribution is 5.52. The zero-order valence-electron chi connectivity index (χ0n) is 13.6. The standard InChI is InChI=1S/C17H24N4O2/c1-21-9-8-13(10-15(21)22)16-19-17(23-20-16)14(11-18)12-6-4-2-3-5-7-12/h8-10,12,14H,2-7,11,18H2,1H3/t14-/m0/s1. The number of hydrogen-bond acceptors (Lipinski definition) is 5. The van der Waals surface area contributed by atoms with Gasteiger partial charge in [-0.2, -0.15) is 4.98 Å². The molecule has 2 N–H and O–H groups in total. The van der Waals surface area contributed by atoms with Crippen LogP contribution in [0.5, 0.6) is 0 Å². The Balaban J connectivity index is 1.84. The van der Waals surface area contributed by atoms with E-state index < -0.39 is 0 Å². The third-order valence-corrected chi connectivity index (χ3v) is 4.84. The molecule has 2 heterocycles. The van der Waals surface area contributed by atoms with Crippen LogP contribution in [0, 0.1) is 5.92 Å². The molecule has 1 aliphatic rings. The van der Waals surface area contributed by atoms with Gasteiger partial charge in [0.2, 0.25) is 11.7 Å². The van der Waals surface area contributed by atoms with Crippen LogP contribution < -0.4 is 11.3 Å². The van der Waals surface area contributed by atoms with Crippen molar-refractivity contribution >= 4 is 0 Å². The first-order chi connectivity index (χ1) is 11.2. The SMILES string of the molecule is Cn1ccc(-c2noc([C@@H](CN)C3CCCCCC3)n2)cc1=O. The van der Waals surface area contributed by atoms with Crippen LogP contribution in [-0.2, 0) is 7.05 Å².